The Morgan fingerprint density at radius 3 is 1.86 bits per heavy atom. The average Bonchev–Trinajstić information content (AvgIpc) is 2.84. The number of amides is 1. The van der Waals surface area contributed by atoms with Gasteiger partial charge in [-0.15, -0.1) is 0 Å². The van der Waals surface area contributed by atoms with Crippen LogP contribution in [0, 0.1) is 0 Å². The number of Topliss-reactive ketones (excluding diaryl/α,β-unsaturated/α-hetero) is 1. The van der Waals surface area contributed by atoms with Gasteiger partial charge in [-0.2, -0.15) is 0 Å². The summed E-state index contributed by atoms with van der Waals surface area (Å²) in [4.78, 5) is 25.4. The number of fused-ring (bicyclic) bond motifs is 1. The number of ketones is 1. The molecule has 0 saturated heterocycles. The second-order valence-corrected chi connectivity index (χ2v) is 9.90. The molecule has 0 unspecified atom stereocenters. The summed E-state index contributed by atoms with van der Waals surface area (Å²) in [6.07, 6.45) is 15.6. The predicted molar refractivity (Wildman–Crippen MR) is 144 cm³/mol. The number of rotatable bonds is 18. The summed E-state index contributed by atoms with van der Waals surface area (Å²) in [6, 6.07) is 9.18. The quantitative estimate of drug-likeness (QED) is 0.198. The van der Waals surface area contributed by atoms with Gasteiger partial charge in [0.2, 0.25) is 0 Å². The lowest BCUT2D eigenvalue weighted by Gasteiger charge is -2.20. The third-order valence-electron chi connectivity index (χ3n) is 6.73. The number of hydrogen-bond donors (Lipinski definition) is 3. The van der Waals surface area contributed by atoms with Crippen LogP contribution in [0.3, 0.4) is 0 Å². The largest absolute Gasteiger partial charge is 0.508 e. The molecular weight excluding hydrogens is 438 g/mol. The number of nitrogens with one attached hydrogen (secondary N) is 1. The number of benzene rings is 2. The van der Waals surface area contributed by atoms with E-state index in [0.717, 1.165) is 30.0 Å². The van der Waals surface area contributed by atoms with Gasteiger partial charge in [-0.1, -0.05) is 96.1 Å². The zero-order valence-corrected chi connectivity index (χ0v) is 21.7. The second-order valence-electron chi connectivity index (χ2n) is 9.90. The molecule has 2 rings (SSSR count). The van der Waals surface area contributed by atoms with E-state index < -0.39 is 12.1 Å². The maximum absolute atomic E-state index is 12.7. The zero-order valence-electron chi connectivity index (χ0n) is 21.7. The van der Waals surface area contributed by atoms with Gasteiger partial charge in [0.25, 0.3) is 5.91 Å². The van der Waals surface area contributed by atoms with Crippen molar-refractivity contribution in [1.82, 2.24) is 5.32 Å². The minimum Gasteiger partial charge on any atom is -0.508 e. The number of phenols is 1. The van der Waals surface area contributed by atoms with Crippen LogP contribution in [-0.2, 0) is 4.79 Å². The van der Waals surface area contributed by atoms with Crippen molar-refractivity contribution in [3.63, 3.8) is 0 Å². The number of phenolic OH excluding ortho intramolecular Hbond substituents is 1. The summed E-state index contributed by atoms with van der Waals surface area (Å²) in [5, 5.41) is 24.1. The second kappa shape index (κ2) is 16.3. The molecule has 0 spiro atoms. The van der Waals surface area contributed by atoms with Crippen LogP contribution in [0.25, 0.3) is 10.8 Å². The molecule has 0 fully saturated rings. The van der Waals surface area contributed by atoms with Crippen LogP contribution in [0.15, 0.2) is 36.4 Å². The third kappa shape index (κ3) is 10.8. The molecule has 0 aliphatic heterocycles. The lowest BCUT2D eigenvalue weighted by atomic mass is 9.99. The maximum atomic E-state index is 12.7. The van der Waals surface area contributed by atoms with Crippen molar-refractivity contribution in [1.29, 1.82) is 0 Å². The molecule has 0 bridgehead atoms. The molecule has 0 aliphatic carbocycles. The lowest BCUT2D eigenvalue weighted by Crippen LogP contribution is -2.47. The SMILES string of the molecule is CCCCCCCCCCCCCCCC(=O)[C@@H](NC(=O)c1ccc2cc(O)ccc2c1)[C@@H](C)O. The van der Waals surface area contributed by atoms with Gasteiger partial charge in [-0.3, -0.25) is 9.59 Å². The molecule has 2 aromatic rings. The molecule has 0 aromatic heterocycles. The highest BCUT2D eigenvalue weighted by atomic mass is 16.3. The number of hydrogen-bond acceptors (Lipinski definition) is 4. The summed E-state index contributed by atoms with van der Waals surface area (Å²) >= 11 is 0. The Kier molecular flexibility index (Phi) is 13.4. The van der Waals surface area contributed by atoms with Crippen LogP contribution in [0.2, 0.25) is 0 Å². The number of carbonyl (C=O) groups excluding carboxylic acids is 2. The van der Waals surface area contributed by atoms with E-state index in [4.69, 9.17) is 0 Å². The van der Waals surface area contributed by atoms with Crippen molar-refractivity contribution in [3.05, 3.63) is 42.0 Å². The van der Waals surface area contributed by atoms with E-state index in [0.29, 0.717) is 12.0 Å². The first-order chi connectivity index (χ1) is 16.9. The van der Waals surface area contributed by atoms with Gasteiger partial charge in [-0.05, 0) is 48.4 Å². The van der Waals surface area contributed by atoms with Crippen LogP contribution in [-0.4, -0.2) is 34.0 Å². The van der Waals surface area contributed by atoms with Crippen LogP contribution in [0.1, 0.15) is 114 Å². The van der Waals surface area contributed by atoms with Crippen LogP contribution < -0.4 is 5.32 Å². The highest BCUT2D eigenvalue weighted by molar-refractivity contribution is 6.01. The van der Waals surface area contributed by atoms with E-state index >= 15 is 0 Å². The van der Waals surface area contributed by atoms with Crippen molar-refractivity contribution in [2.45, 2.75) is 116 Å². The molecule has 0 saturated carbocycles. The molecule has 0 heterocycles. The van der Waals surface area contributed by atoms with Crippen LogP contribution in [0.5, 0.6) is 5.75 Å². The molecule has 2 aromatic carbocycles. The fourth-order valence-corrected chi connectivity index (χ4v) is 4.54. The summed E-state index contributed by atoms with van der Waals surface area (Å²) in [7, 11) is 0. The molecule has 1 amide bonds. The van der Waals surface area contributed by atoms with E-state index in [1.807, 2.05) is 0 Å². The number of aliphatic hydroxyl groups is 1. The average molecular weight is 484 g/mol. The molecule has 0 radical (unpaired) electrons. The topological polar surface area (TPSA) is 86.6 Å². The molecule has 194 valence electrons. The zero-order chi connectivity index (χ0) is 25.5. The van der Waals surface area contributed by atoms with Gasteiger partial charge in [0, 0.05) is 12.0 Å². The van der Waals surface area contributed by atoms with E-state index in [9.17, 15) is 19.8 Å². The van der Waals surface area contributed by atoms with Gasteiger partial charge in [0.15, 0.2) is 5.78 Å². The Morgan fingerprint density at radius 2 is 1.29 bits per heavy atom. The smallest absolute Gasteiger partial charge is 0.251 e. The molecular formula is C30H45NO4. The molecule has 0 aliphatic rings. The van der Waals surface area contributed by atoms with Crippen LogP contribution in [0.4, 0.5) is 0 Å². The number of carbonyl (C=O) groups is 2. The van der Waals surface area contributed by atoms with Crippen molar-refractivity contribution < 1.29 is 19.8 Å². The maximum Gasteiger partial charge on any atom is 0.251 e. The lowest BCUT2D eigenvalue weighted by molar-refractivity contribution is -0.123. The predicted octanol–water partition coefficient (Wildman–Crippen LogP) is 7.08. The Hall–Kier alpha value is -2.40. The summed E-state index contributed by atoms with van der Waals surface area (Å²) in [5.41, 5.74) is 0.419. The Balaban J connectivity index is 1.65. The fraction of sp³-hybridized carbons (Fsp3) is 0.600. The monoisotopic (exact) mass is 483 g/mol. The Bertz CT molecular complexity index is 908. The molecule has 35 heavy (non-hydrogen) atoms. The first kappa shape index (κ1) is 28.8. The standard InChI is InChI=1S/C30H45NO4/c1-3-4-5-6-7-8-9-10-11-12-13-14-15-16-28(34)29(23(2)32)31-30(35)26-18-17-25-22-27(33)20-19-24(25)21-26/h17-23,29,32-33H,3-16H2,1-2H3,(H,31,35)/t23-,29+/m1/s1. The van der Waals surface area contributed by atoms with Gasteiger partial charge in [-0.25, -0.2) is 0 Å². The number of aromatic hydroxyl groups is 1. The summed E-state index contributed by atoms with van der Waals surface area (Å²) < 4.78 is 0. The van der Waals surface area contributed by atoms with Gasteiger partial charge in [0.1, 0.15) is 11.8 Å². The van der Waals surface area contributed by atoms with Crippen molar-refractivity contribution >= 4 is 22.5 Å². The highest BCUT2D eigenvalue weighted by Crippen LogP contribution is 2.21. The Morgan fingerprint density at radius 1 is 0.771 bits per heavy atom. The Labute approximate surface area is 211 Å². The minimum atomic E-state index is -0.953. The number of unbranched alkanes of at least 4 members (excludes halogenated alkanes) is 12. The molecule has 5 nitrogen and oxygen atoms in total. The summed E-state index contributed by atoms with van der Waals surface area (Å²) in [6.45, 7) is 3.79. The third-order valence-corrected chi connectivity index (χ3v) is 6.73. The van der Waals surface area contributed by atoms with E-state index in [1.54, 1.807) is 36.4 Å². The van der Waals surface area contributed by atoms with Crippen LogP contribution >= 0.6 is 0 Å². The first-order valence-electron chi connectivity index (χ1n) is 13.7. The minimum absolute atomic E-state index is 0.123. The van der Waals surface area contributed by atoms with Gasteiger partial charge >= 0.3 is 0 Å². The molecule has 3 N–H and O–H groups in total. The normalized spacial score (nSPS) is 13.0. The van der Waals surface area contributed by atoms with Gasteiger partial charge < -0.3 is 15.5 Å². The first-order valence-corrected chi connectivity index (χ1v) is 13.7. The molecule has 5 heteroatoms. The van der Waals surface area contributed by atoms with Crippen molar-refractivity contribution in [3.8, 4) is 5.75 Å². The van der Waals surface area contributed by atoms with E-state index in [2.05, 4.69) is 12.2 Å². The van der Waals surface area contributed by atoms with Crippen molar-refractivity contribution in [2.24, 2.45) is 0 Å². The van der Waals surface area contributed by atoms with Gasteiger partial charge in [0.05, 0.1) is 6.10 Å². The van der Waals surface area contributed by atoms with E-state index in [1.165, 1.54) is 71.1 Å². The molecule has 2 atom stereocenters. The van der Waals surface area contributed by atoms with E-state index in [-0.39, 0.29) is 17.4 Å². The van der Waals surface area contributed by atoms with Crippen molar-refractivity contribution in [2.75, 3.05) is 0 Å². The highest BCUT2D eigenvalue weighted by Gasteiger charge is 2.25. The summed E-state index contributed by atoms with van der Waals surface area (Å²) in [5.74, 6) is -0.339. The fourth-order valence-electron chi connectivity index (χ4n) is 4.54. The number of aliphatic hydroxyl groups excluding tert-OH is 1.